The summed E-state index contributed by atoms with van der Waals surface area (Å²) in [6, 6.07) is 15.0. The molecule has 6 heteroatoms. The number of aryl methyl sites for hydroxylation is 1. The van der Waals surface area contributed by atoms with Gasteiger partial charge in [-0.15, -0.1) is 11.3 Å². The van der Waals surface area contributed by atoms with Crippen molar-refractivity contribution in [1.29, 1.82) is 0 Å². The summed E-state index contributed by atoms with van der Waals surface area (Å²) in [5.74, 6) is -0.129. The predicted molar refractivity (Wildman–Crippen MR) is 122 cm³/mol. The zero-order valence-electron chi connectivity index (χ0n) is 17.8. The van der Waals surface area contributed by atoms with E-state index in [0.717, 1.165) is 36.1 Å². The average molecular weight is 437 g/mol. The first-order valence-corrected chi connectivity index (χ1v) is 11.7. The highest BCUT2D eigenvalue weighted by molar-refractivity contribution is 7.10. The summed E-state index contributed by atoms with van der Waals surface area (Å²) >= 11 is 1.50. The number of thiophene rings is 1. The van der Waals surface area contributed by atoms with E-state index < -0.39 is 6.04 Å². The maximum atomic E-state index is 13.4. The van der Waals surface area contributed by atoms with Gasteiger partial charge in [-0.3, -0.25) is 9.59 Å². The third kappa shape index (κ3) is 5.25. The van der Waals surface area contributed by atoms with E-state index in [2.05, 4.69) is 30.4 Å². The Balaban J connectivity index is 1.63. The van der Waals surface area contributed by atoms with Crippen molar-refractivity contribution in [2.24, 2.45) is 0 Å². The van der Waals surface area contributed by atoms with Gasteiger partial charge in [-0.2, -0.15) is 0 Å². The van der Waals surface area contributed by atoms with Gasteiger partial charge in [0.2, 0.25) is 5.91 Å². The van der Waals surface area contributed by atoms with Crippen LogP contribution in [0.4, 0.5) is 0 Å². The van der Waals surface area contributed by atoms with Crippen LogP contribution in [0.15, 0.2) is 64.6 Å². The third-order valence-electron chi connectivity index (χ3n) is 5.79. The molecule has 0 saturated heterocycles. The number of carbonyl (C=O) groups excluding carboxylic acids is 2. The molecular weight excluding hydrogens is 408 g/mol. The Bertz CT molecular complexity index is 992. The molecule has 5 nitrogen and oxygen atoms in total. The smallest absolute Gasteiger partial charge is 0.290 e. The molecule has 1 fully saturated rings. The SMILES string of the molecule is Cc1cccc(CCN(C(=O)c2ccco2)[C@@H](C(=O)NC2CCCC2)c2cccs2)c1. The summed E-state index contributed by atoms with van der Waals surface area (Å²) in [6.07, 6.45) is 6.42. The van der Waals surface area contributed by atoms with Gasteiger partial charge in [0.15, 0.2) is 5.76 Å². The van der Waals surface area contributed by atoms with Crippen LogP contribution in [0.25, 0.3) is 0 Å². The number of furan rings is 1. The second-order valence-corrected chi connectivity index (χ2v) is 9.10. The molecule has 0 spiro atoms. The number of hydrogen-bond acceptors (Lipinski definition) is 4. The Labute approximate surface area is 187 Å². The van der Waals surface area contributed by atoms with Crippen LogP contribution in [0.2, 0.25) is 0 Å². The van der Waals surface area contributed by atoms with Gasteiger partial charge < -0.3 is 14.6 Å². The van der Waals surface area contributed by atoms with Gasteiger partial charge in [0.25, 0.3) is 5.91 Å². The molecule has 2 aromatic heterocycles. The van der Waals surface area contributed by atoms with E-state index >= 15 is 0 Å². The molecular formula is C25H28N2O3S. The van der Waals surface area contributed by atoms with E-state index in [1.807, 2.05) is 23.6 Å². The van der Waals surface area contributed by atoms with Crippen molar-refractivity contribution in [2.45, 2.75) is 51.1 Å². The highest BCUT2D eigenvalue weighted by Gasteiger charge is 2.35. The minimum Gasteiger partial charge on any atom is -0.459 e. The van der Waals surface area contributed by atoms with Gasteiger partial charge in [-0.25, -0.2) is 0 Å². The van der Waals surface area contributed by atoms with Crippen molar-refractivity contribution < 1.29 is 14.0 Å². The third-order valence-corrected chi connectivity index (χ3v) is 6.72. The average Bonchev–Trinajstić information content (AvgIpc) is 3.54. The van der Waals surface area contributed by atoms with Crippen LogP contribution < -0.4 is 5.32 Å². The Kier molecular flexibility index (Phi) is 6.87. The zero-order valence-corrected chi connectivity index (χ0v) is 18.6. The molecule has 0 radical (unpaired) electrons. The topological polar surface area (TPSA) is 62.6 Å². The standard InChI is InChI=1S/C25H28N2O3S/c1-18-7-4-8-19(17-18)13-14-27(25(29)21-11-5-15-30-21)23(22-12-6-16-31-22)24(28)26-20-9-2-3-10-20/h4-8,11-12,15-17,20,23H,2-3,9-10,13-14H2,1H3,(H,26,28)/t23-/m1/s1. The number of amides is 2. The van der Waals surface area contributed by atoms with E-state index in [-0.39, 0.29) is 23.6 Å². The minimum absolute atomic E-state index is 0.113. The molecule has 1 atom stereocenters. The van der Waals surface area contributed by atoms with E-state index in [9.17, 15) is 9.59 Å². The number of benzene rings is 1. The Morgan fingerprint density at radius 2 is 2.00 bits per heavy atom. The molecule has 1 aliphatic carbocycles. The number of nitrogens with one attached hydrogen (secondary N) is 1. The summed E-state index contributed by atoms with van der Waals surface area (Å²) in [4.78, 5) is 29.4. The number of hydrogen-bond donors (Lipinski definition) is 1. The van der Waals surface area contributed by atoms with Gasteiger partial charge in [0.05, 0.1) is 6.26 Å². The molecule has 1 saturated carbocycles. The van der Waals surface area contributed by atoms with Crippen LogP contribution in [0, 0.1) is 6.92 Å². The lowest BCUT2D eigenvalue weighted by Crippen LogP contribution is -2.46. The van der Waals surface area contributed by atoms with Gasteiger partial charge in [0.1, 0.15) is 6.04 Å². The molecule has 0 unspecified atom stereocenters. The van der Waals surface area contributed by atoms with E-state index in [1.54, 1.807) is 17.0 Å². The number of rotatable bonds is 8. The highest BCUT2D eigenvalue weighted by atomic mass is 32.1. The van der Waals surface area contributed by atoms with Crippen molar-refractivity contribution in [3.63, 3.8) is 0 Å². The van der Waals surface area contributed by atoms with Gasteiger partial charge >= 0.3 is 0 Å². The summed E-state index contributed by atoms with van der Waals surface area (Å²) in [5, 5.41) is 5.14. The van der Waals surface area contributed by atoms with Crippen molar-refractivity contribution in [2.75, 3.05) is 6.54 Å². The summed E-state index contributed by atoms with van der Waals surface area (Å²) in [6.45, 7) is 2.47. The van der Waals surface area contributed by atoms with Crippen LogP contribution >= 0.6 is 11.3 Å². The summed E-state index contributed by atoms with van der Waals surface area (Å²) < 4.78 is 5.41. The second kappa shape index (κ2) is 9.96. The fourth-order valence-electron chi connectivity index (χ4n) is 4.23. The Morgan fingerprint density at radius 3 is 2.68 bits per heavy atom. The van der Waals surface area contributed by atoms with Crippen LogP contribution in [0.5, 0.6) is 0 Å². The molecule has 2 heterocycles. The molecule has 162 valence electrons. The van der Waals surface area contributed by atoms with Crippen LogP contribution in [0.1, 0.15) is 58.3 Å². The quantitative estimate of drug-likeness (QED) is 0.532. The van der Waals surface area contributed by atoms with Gasteiger partial charge in [-0.1, -0.05) is 48.7 Å². The predicted octanol–water partition coefficient (Wildman–Crippen LogP) is 5.13. The molecule has 4 rings (SSSR count). The molecule has 3 aromatic rings. The Hall–Kier alpha value is -2.86. The maximum absolute atomic E-state index is 13.4. The lowest BCUT2D eigenvalue weighted by molar-refractivity contribution is -0.126. The normalized spacial score (nSPS) is 15.0. The van der Waals surface area contributed by atoms with Crippen LogP contribution in [-0.4, -0.2) is 29.3 Å². The highest BCUT2D eigenvalue weighted by Crippen LogP contribution is 2.29. The molecule has 1 aromatic carbocycles. The molecule has 1 aliphatic rings. The summed E-state index contributed by atoms with van der Waals surface area (Å²) in [7, 11) is 0. The lowest BCUT2D eigenvalue weighted by atomic mass is 10.1. The Morgan fingerprint density at radius 1 is 1.16 bits per heavy atom. The number of carbonyl (C=O) groups is 2. The minimum atomic E-state index is -0.678. The fourth-order valence-corrected chi connectivity index (χ4v) is 5.06. The molecule has 1 N–H and O–H groups in total. The van der Waals surface area contributed by atoms with Crippen molar-refractivity contribution in [3.8, 4) is 0 Å². The van der Waals surface area contributed by atoms with E-state index in [4.69, 9.17) is 4.42 Å². The first-order valence-electron chi connectivity index (χ1n) is 10.9. The lowest BCUT2D eigenvalue weighted by Gasteiger charge is -2.31. The maximum Gasteiger partial charge on any atom is 0.290 e. The first kappa shape index (κ1) is 21.4. The molecule has 0 aliphatic heterocycles. The van der Waals surface area contributed by atoms with Gasteiger partial charge in [-0.05, 0) is 55.3 Å². The molecule has 0 bridgehead atoms. The largest absolute Gasteiger partial charge is 0.459 e. The van der Waals surface area contributed by atoms with Crippen molar-refractivity contribution in [3.05, 3.63) is 81.9 Å². The monoisotopic (exact) mass is 436 g/mol. The second-order valence-electron chi connectivity index (χ2n) is 8.12. The van der Waals surface area contributed by atoms with Crippen LogP contribution in [0.3, 0.4) is 0 Å². The molecule has 2 amide bonds. The van der Waals surface area contributed by atoms with Gasteiger partial charge in [0, 0.05) is 17.5 Å². The van der Waals surface area contributed by atoms with Crippen molar-refractivity contribution in [1.82, 2.24) is 10.2 Å². The van der Waals surface area contributed by atoms with E-state index in [0.29, 0.717) is 13.0 Å². The first-order chi connectivity index (χ1) is 15.1. The van der Waals surface area contributed by atoms with Crippen LogP contribution in [-0.2, 0) is 11.2 Å². The van der Waals surface area contributed by atoms with E-state index in [1.165, 1.54) is 23.2 Å². The fraction of sp³-hybridized carbons (Fsp3) is 0.360. The molecule has 31 heavy (non-hydrogen) atoms. The zero-order chi connectivity index (χ0) is 21.6. The summed E-state index contributed by atoms with van der Waals surface area (Å²) in [5.41, 5.74) is 2.31. The van der Waals surface area contributed by atoms with Crippen molar-refractivity contribution >= 4 is 23.2 Å². The number of nitrogens with zero attached hydrogens (tertiary/aromatic N) is 1.